The molecule has 3 rings (SSSR count). The van der Waals surface area contributed by atoms with Crippen molar-refractivity contribution in [2.45, 2.75) is 0 Å². The number of rotatable bonds is 6. The fourth-order valence-electron chi connectivity index (χ4n) is 2.53. The molecule has 0 bridgehead atoms. The predicted molar refractivity (Wildman–Crippen MR) is 109 cm³/mol. The Morgan fingerprint density at radius 1 is 1.04 bits per heavy atom. The Kier molecular flexibility index (Phi) is 5.56. The van der Waals surface area contributed by atoms with Gasteiger partial charge in [0.15, 0.2) is 5.82 Å². The smallest absolute Gasteiger partial charge is 0.255 e. The van der Waals surface area contributed by atoms with Crippen LogP contribution < -0.4 is 20.3 Å². The van der Waals surface area contributed by atoms with E-state index in [0.29, 0.717) is 22.8 Å². The summed E-state index contributed by atoms with van der Waals surface area (Å²) in [5.74, 6) is 0.887. The Balaban J connectivity index is 1.89. The van der Waals surface area contributed by atoms with Crippen LogP contribution in [0.3, 0.4) is 0 Å². The maximum atomic E-state index is 12.5. The van der Waals surface area contributed by atoms with Crippen molar-refractivity contribution in [3.8, 4) is 5.75 Å². The van der Waals surface area contributed by atoms with Gasteiger partial charge in [0.2, 0.25) is 0 Å². The van der Waals surface area contributed by atoms with Crippen LogP contribution in [-0.2, 0) is 0 Å². The summed E-state index contributed by atoms with van der Waals surface area (Å²) in [6.45, 7) is 0. The molecule has 0 aliphatic carbocycles. The van der Waals surface area contributed by atoms with Crippen LogP contribution in [0.4, 0.5) is 22.9 Å². The van der Waals surface area contributed by atoms with Crippen molar-refractivity contribution in [1.29, 1.82) is 0 Å². The molecule has 1 aromatic heterocycles. The van der Waals surface area contributed by atoms with E-state index < -0.39 is 0 Å². The minimum absolute atomic E-state index is 0.212. The van der Waals surface area contributed by atoms with Gasteiger partial charge in [0.05, 0.1) is 19.0 Å². The lowest BCUT2D eigenvalue weighted by atomic mass is 10.2. The number of carbonyl (C=O) groups excluding carboxylic acids is 1. The number of methoxy groups -OCH3 is 1. The number of pyridine rings is 1. The summed E-state index contributed by atoms with van der Waals surface area (Å²) < 4.78 is 5.25. The first-order chi connectivity index (χ1) is 13.1. The summed E-state index contributed by atoms with van der Waals surface area (Å²) in [4.78, 5) is 19.0. The van der Waals surface area contributed by atoms with Crippen LogP contribution in [-0.4, -0.2) is 32.1 Å². The average Bonchev–Trinajstić information content (AvgIpc) is 2.70. The Hall–Kier alpha value is -3.54. The van der Waals surface area contributed by atoms with Crippen LogP contribution in [0.5, 0.6) is 5.75 Å². The molecule has 0 aliphatic heterocycles. The van der Waals surface area contributed by atoms with Crippen molar-refractivity contribution in [1.82, 2.24) is 4.98 Å². The van der Waals surface area contributed by atoms with Gasteiger partial charge in [-0.25, -0.2) is 4.98 Å². The highest BCUT2D eigenvalue weighted by Gasteiger charge is 2.12. The highest BCUT2D eigenvalue weighted by molar-refractivity contribution is 6.05. The van der Waals surface area contributed by atoms with Gasteiger partial charge in [-0.15, -0.1) is 0 Å². The first-order valence-corrected chi connectivity index (χ1v) is 8.51. The van der Waals surface area contributed by atoms with Crippen molar-refractivity contribution >= 4 is 28.8 Å². The van der Waals surface area contributed by atoms with E-state index in [1.807, 2.05) is 61.5 Å². The SMILES string of the molecule is COc1cnc(Nc2cccc(N(C)C)c2)c(NC(=O)c2ccccc2)c1. The van der Waals surface area contributed by atoms with Gasteiger partial charge in [-0.1, -0.05) is 24.3 Å². The molecule has 138 valence electrons. The zero-order valence-corrected chi connectivity index (χ0v) is 15.6. The van der Waals surface area contributed by atoms with Gasteiger partial charge in [0.1, 0.15) is 5.75 Å². The van der Waals surface area contributed by atoms with Crippen molar-refractivity contribution < 1.29 is 9.53 Å². The lowest BCUT2D eigenvalue weighted by Crippen LogP contribution is -2.14. The molecule has 2 aromatic carbocycles. The highest BCUT2D eigenvalue weighted by Crippen LogP contribution is 2.29. The summed E-state index contributed by atoms with van der Waals surface area (Å²) >= 11 is 0. The normalized spacial score (nSPS) is 10.2. The number of carbonyl (C=O) groups is 1. The van der Waals surface area contributed by atoms with Crippen LogP contribution in [0.25, 0.3) is 0 Å². The van der Waals surface area contributed by atoms with Crippen LogP contribution in [0.2, 0.25) is 0 Å². The number of hydrogen-bond acceptors (Lipinski definition) is 5. The monoisotopic (exact) mass is 362 g/mol. The summed E-state index contributed by atoms with van der Waals surface area (Å²) in [7, 11) is 5.53. The molecule has 0 saturated heterocycles. The van der Waals surface area contributed by atoms with Crippen LogP contribution >= 0.6 is 0 Å². The standard InChI is InChI=1S/C21H22N4O2/c1-25(2)17-11-7-10-16(12-17)23-20-19(13-18(27-3)14-22-20)24-21(26)15-8-5-4-6-9-15/h4-14H,1-3H3,(H,22,23)(H,24,26). The molecule has 0 spiro atoms. The van der Waals surface area contributed by atoms with E-state index in [1.165, 1.54) is 0 Å². The lowest BCUT2D eigenvalue weighted by Gasteiger charge is -2.16. The van der Waals surface area contributed by atoms with E-state index in [0.717, 1.165) is 11.4 Å². The van der Waals surface area contributed by atoms with E-state index in [-0.39, 0.29) is 5.91 Å². The van der Waals surface area contributed by atoms with Crippen LogP contribution in [0, 0.1) is 0 Å². The van der Waals surface area contributed by atoms with E-state index in [4.69, 9.17) is 4.74 Å². The van der Waals surface area contributed by atoms with Gasteiger partial charge < -0.3 is 20.3 Å². The van der Waals surface area contributed by atoms with Gasteiger partial charge >= 0.3 is 0 Å². The number of hydrogen-bond donors (Lipinski definition) is 2. The maximum Gasteiger partial charge on any atom is 0.255 e. The molecule has 0 aliphatic rings. The molecule has 1 amide bonds. The molecular weight excluding hydrogens is 340 g/mol. The highest BCUT2D eigenvalue weighted by atomic mass is 16.5. The second-order valence-corrected chi connectivity index (χ2v) is 6.16. The Morgan fingerprint density at radius 3 is 2.52 bits per heavy atom. The van der Waals surface area contributed by atoms with Crippen molar-refractivity contribution in [2.24, 2.45) is 0 Å². The number of aromatic nitrogens is 1. The molecule has 3 aromatic rings. The fraction of sp³-hybridized carbons (Fsp3) is 0.143. The van der Waals surface area contributed by atoms with Crippen LogP contribution in [0.15, 0.2) is 66.9 Å². The molecule has 2 N–H and O–H groups in total. The van der Waals surface area contributed by atoms with Gasteiger partial charge in [0.25, 0.3) is 5.91 Å². The predicted octanol–water partition coefficient (Wildman–Crippen LogP) is 4.15. The molecule has 1 heterocycles. The van der Waals surface area contributed by atoms with Crippen molar-refractivity contribution in [2.75, 3.05) is 36.7 Å². The fourth-order valence-corrected chi connectivity index (χ4v) is 2.53. The topological polar surface area (TPSA) is 66.5 Å². The Morgan fingerprint density at radius 2 is 1.81 bits per heavy atom. The van der Waals surface area contributed by atoms with E-state index in [2.05, 4.69) is 15.6 Å². The molecule has 0 unspecified atom stereocenters. The zero-order chi connectivity index (χ0) is 19.2. The number of benzene rings is 2. The second-order valence-electron chi connectivity index (χ2n) is 6.16. The third kappa shape index (κ3) is 4.55. The third-order valence-electron chi connectivity index (χ3n) is 4.01. The Labute approximate surface area is 158 Å². The molecule has 0 saturated carbocycles. The lowest BCUT2D eigenvalue weighted by molar-refractivity contribution is 0.102. The third-order valence-corrected chi connectivity index (χ3v) is 4.01. The number of ether oxygens (including phenoxy) is 1. The number of nitrogens with one attached hydrogen (secondary N) is 2. The zero-order valence-electron chi connectivity index (χ0n) is 15.6. The number of amides is 1. The summed E-state index contributed by atoms with van der Waals surface area (Å²) in [6.07, 6.45) is 1.61. The molecule has 27 heavy (non-hydrogen) atoms. The molecule has 0 atom stereocenters. The van der Waals surface area contributed by atoms with Gasteiger partial charge in [-0.3, -0.25) is 4.79 Å². The summed E-state index contributed by atoms with van der Waals surface area (Å²) in [6, 6.07) is 18.7. The van der Waals surface area contributed by atoms with Crippen molar-refractivity contribution in [3.05, 3.63) is 72.4 Å². The second kappa shape index (κ2) is 8.23. The van der Waals surface area contributed by atoms with Gasteiger partial charge in [-0.2, -0.15) is 0 Å². The summed E-state index contributed by atoms with van der Waals surface area (Å²) in [5.41, 5.74) is 3.04. The first kappa shape index (κ1) is 18.3. The molecule has 0 radical (unpaired) electrons. The minimum Gasteiger partial charge on any atom is -0.495 e. The van der Waals surface area contributed by atoms with E-state index >= 15 is 0 Å². The maximum absolute atomic E-state index is 12.5. The number of anilines is 4. The average molecular weight is 362 g/mol. The first-order valence-electron chi connectivity index (χ1n) is 8.51. The van der Waals surface area contributed by atoms with Crippen LogP contribution in [0.1, 0.15) is 10.4 Å². The number of nitrogens with zero attached hydrogens (tertiary/aromatic N) is 2. The van der Waals surface area contributed by atoms with E-state index in [9.17, 15) is 4.79 Å². The molecule has 6 heteroatoms. The van der Waals surface area contributed by atoms with Crippen molar-refractivity contribution in [3.63, 3.8) is 0 Å². The molecule has 0 fully saturated rings. The summed E-state index contributed by atoms with van der Waals surface area (Å²) in [5, 5.41) is 6.17. The molecule has 6 nitrogen and oxygen atoms in total. The quantitative estimate of drug-likeness (QED) is 0.689. The van der Waals surface area contributed by atoms with Gasteiger partial charge in [0, 0.05) is 37.1 Å². The Bertz CT molecular complexity index is 926. The minimum atomic E-state index is -0.212. The largest absolute Gasteiger partial charge is 0.495 e. The van der Waals surface area contributed by atoms with E-state index in [1.54, 1.807) is 31.5 Å². The molecular formula is C21H22N4O2. The van der Waals surface area contributed by atoms with Gasteiger partial charge in [-0.05, 0) is 30.3 Å².